The zero-order valence-electron chi connectivity index (χ0n) is 15.7. The van der Waals surface area contributed by atoms with E-state index in [-0.39, 0.29) is 23.7 Å². The normalized spacial score (nSPS) is 25.7. The molecular weight excluding hydrogens is 318 g/mol. The minimum atomic E-state index is -0.213. The molecule has 7 nitrogen and oxygen atoms in total. The number of amides is 1. The fourth-order valence-electron chi connectivity index (χ4n) is 3.80. The van der Waals surface area contributed by atoms with Crippen molar-refractivity contribution in [1.29, 1.82) is 0 Å². The predicted octanol–water partition coefficient (Wildman–Crippen LogP) is 1.01. The molecule has 3 rings (SSSR count). The van der Waals surface area contributed by atoms with Crippen molar-refractivity contribution in [3.8, 4) is 0 Å². The molecular formula is C18H29N5O2. The van der Waals surface area contributed by atoms with Crippen LogP contribution >= 0.6 is 0 Å². The van der Waals surface area contributed by atoms with Crippen LogP contribution in [0.25, 0.3) is 0 Å². The van der Waals surface area contributed by atoms with Gasteiger partial charge < -0.3 is 14.5 Å². The Morgan fingerprint density at radius 3 is 2.48 bits per heavy atom. The van der Waals surface area contributed by atoms with Gasteiger partial charge in [0.2, 0.25) is 11.9 Å². The maximum atomic E-state index is 13.0. The molecule has 0 saturated carbocycles. The molecule has 3 heterocycles. The van der Waals surface area contributed by atoms with E-state index in [0.717, 1.165) is 32.1 Å². The number of aromatic nitrogens is 2. The van der Waals surface area contributed by atoms with Crippen LogP contribution in [-0.4, -0.2) is 82.7 Å². The van der Waals surface area contributed by atoms with Gasteiger partial charge in [-0.1, -0.05) is 0 Å². The summed E-state index contributed by atoms with van der Waals surface area (Å²) in [4.78, 5) is 27.9. The number of hydrogen-bond acceptors (Lipinski definition) is 6. The van der Waals surface area contributed by atoms with Crippen molar-refractivity contribution in [2.75, 3.05) is 44.2 Å². The molecule has 1 aromatic heterocycles. The average molecular weight is 347 g/mol. The molecule has 0 aromatic carbocycles. The molecule has 2 unspecified atom stereocenters. The summed E-state index contributed by atoms with van der Waals surface area (Å²) in [6.07, 6.45) is 3.65. The van der Waals surface area contributed by atoms with Crippen LogP contribution in [0.5, 0.6) is 0 Å². The third-order valence-corrected chi connectivity index (χ3v) is 4.93. The molecule has 0 N–H and O–H groups in total. The van der Waals surface area contributed by atoms with Crippen LogP contribution in [0.15, 0.2) is 18.5 Å². The zero-order chi connectivity index (χ0) is 18.0. The first-order valence-corrected chi connectivity index (χ1v) is 9.08. The molecule has 2 saturated heterocycles. The number of carbonyl (C=O) groups excluding carboxylic acids is 1. The number of nitrogens with zero attached hydrogens (tertiary/aromatic N) is 5. The third-order valence-electron chi connectivity index (χ3n) is 4.93. The lowest BCUT2D eigenvalue weighted by molar-refractivity contribution is -0.154. The Balaban J connectivity index is 1.57. The fraction of sp³-hybridized carbons (Fsp3) is 0.722. The molecule has 0 spiro atoms. The van der Waals surface area contributed by atoms with Gasteiger partial charge in [0.15, 0.2) is 0 Å². The summed E-state index contributed by atoms with van der Waals surface area (Å²) in [5, 5.41) is 0. The van der Waals surface area contributed by atoms with E-state index in [1.165, 1.54) is 0 Å². The Labute approximate surface area is 150 Å². The first-order valence-electron chi connectivity index (χ1n) is 9.08. The van der Waals surface area contributed by atoms with Gasteiger partial charge in [-0.3, -0.25) is 9.69 Å². The van der Waals surface area contributed by atoms with E-state index in [1.54, 1.807) is 12.4 Å². The molecule has 7 heteroatoms. The van der Waals surface area contributed by atoms with Gasteiger partial charge >= 0.3 is 0 Å². The van der Waals surface area contributed by atoms with Crippen LogP contribution in [0.3, 0.4) is 0 Å². The quantitative estimate of drug-likeness (QED) is 0.813. The first-order chi connectivity index (χ1) is 11.9. The third kappa shape index (κ3) is 4.27. The maximum absolute atomic E-state index is 13.0. The standard InChI is InChI=1S/C18H29N5O2/c1-14-12-23(13-18(3,4)25-14)15(2)16(24)21-8-10-22(11-9-21)17-19-6-5-7-20-17/h5-7,14-15H,8-13H2,1-4H3. The van der Waals surface area contributed by atoms with E-state index in [1.807, 2.05) is 17.9 Å². The van der Waals surface area contributed by atoms with Crippen molar-refractivity contribution in [3.63, 3.8) is 0 Å². The minimum absolute atomic E-state index is 0.120. The summed E-state index contributed by atoms with van der Waals surface area (Å²) in [6, 6.07) is 1.70. The molecule has 138 valence electrons. The minimum Gasteiger partial charge on any atom is -0.370 e. The molecule has 1 aromatic rings. The Morgan fingerprint density at radius 1 is 1.24 bits per heavy atom. The summed E-state index contributed by atoms with van der Waals surface area (Å²) in [6.45, 7) is 12.8. The molecule has 25 heavy (non-hydrogen) atoms. The van der Waals surface area contributed by atoms with Crippen molar-refractivity contribution < 1.29 is 9.53 Å². The van der Waals surface area contributed by atoms with Crippen LogP contribution in [0.2, 0.25) is 0 Å². The van der Waals surface area contributed by atoms with Gasteiger partial charge in [-0.15, -0.1) is 0 Å². The van der Waals surface area contributed by atoms with E-state index in [9.17, 15) is 4.79 Å². The lowest BCUT2D eigenvalue weighted by atomic mass is 10.0. The number of hydrogen-bond donors (Lipinski definition) is 0. The molecule has 2 fully saturated rings. The maximum Gasteiger partial charge on any atom is 0.239 e. The second kappa shape index (κ2) is 7.25. The second-order valence-electron chi connectivity index (χ2n) is 7.65. The van der Waals surface area contributed by atoms with Crippen LogP contribution in [-0.2, 0) is 9.53 Å². The fourth-order valence-corrected chi connectivity index (χ4v) is 3.80. The smallest absolute Gasteiger partial charge is 0.239 e. The number of anilines is 1. The molecule has 0 bridgehead atoms. The summed E-state index contributed by atoms with van der Waals surface area (Å²) < 4.78 is 5.96. The van der Waals surface area contributed by atoms with Crippen molar-refractivity contribution in [3.05, 3.63) is 18.5 Å². The van der Waals surface area contributed by atoms with E-state index >= 15 is 0 Å². The van der Waals surface area contributed by atoms with Gasteiger partial charge in [-0.2, -0.15) is 0 Å². The van der Waals surface area contributed by atoms with E-state index < -0.39 is 0 Å². The number of carbonyl (C=O) groups is 1. The molecule has 2 aliphatic heterocycles. The van der Waals surface area contributed by atoms with Gasteiger partial charge in [-0.25, -0.2) is 9.97 Å². The average Bonchev–Trinajstić information content (AvgIpc) is 2.59. The van der Waals surface area contributed by atoms with E-state index in [4.69, 9.17) is 4.74 Å². The Morgan fingerprint density at radius 2 is 1.88 bits per heavy atom. The zero-order valence-corrected chi connectivity index (χ0v) is 15.7. The first kappa shape index (κ1) is 18.1. The highest BCUT2D eigenvalue weighted by molar-refractivity contribution is 5.81. The molecule has 2 aliphatic rings. The highest BCUT2D eigenvalue weighted by Gasteiger charge is 2.37. The Kier molecular flexibility index (Phi) is 5.24. The van der Waals surface area contributed by atoms with Gasteiger partial charge in [0.1, 0.15) is 0 Å². The van der Waals surface area contributed by atoms with Crippen molar-refractivity contribution in [1.82, 2.24) is 19.8 Å². The summed E-state index contributed by atoms with van der Waals surface area (Å²) in [7, 11) is 0. The number of rotatable bonds is 3. The number of ether oxygens (including phenoxy) is 1. The van der Waals surface area contributed by atoms with Gasteiger partial charge in [0, 0.05) is 51.7 Å². The number of piperazine rings is 1. The van der Waals surface area contributed by atoms with Crippen LogP contribution in [0.1, 0.15) is 27.7 Å². The van der Waals surface area contributed by atoms with Crippen LogP contribution in [0, 0.1) is 0 Å². The van der Waals surface area contributed by atoms with Gasteiger partial charge in [-0.05, 0) is 33.8 Å². The molecule has 1 amide bonds. The Bertz CT molecular complexity index is 586. The van der Waals surface area contributed by atoms with Crippen LogP contribution < -0.4 is 4.90 Å². The predicted molar refractivity (Wildman–Crippen MR) is 96.5 cm³/mol. The monoisotopic (exact) mass is 347 g/mol. The molecule has 2 atom stereocenters. The summed E-state index contributed by atoms with van der Waals surface area (Å²) in [5.41, 5.74) is -0.213. The lowest BCUT2D eigenvalue weighted by Gasteiger charge is -2.45. The van der Waals surface area contributed by atoms with Crippen LogP contribution in [0.4, 0.5) is 5.95 Å². The largest absolute Gasteiger partial charge is 0.370 e. The van der Waals surface area contributed by atoms with Crippen molar-refractivity contribution in [2.24, 2.45) is 0 Å². The van der Waals surface area contributed by atoms with E-state index in [2.05, 4.69) is 40.5 Å². The highest BCUT2D eigenvalue weighted by atomic mass is 16.5. The Hall–Kier alpha value is -1.73. The number of morpholine rings is 1. The summed E-state index contributed by atoms with van der Waals surface area (Å²) in [5.74, 6) is 0.949. The van der Waals surface area contributed by atoms with Crippen molar-refractivity contribution >= 4 is 11.9 Å². The molecule has 0 radical (unpaired) electrons. The lowest BCUT2D eigenvalue weighted by Crippen LogP contribution is -2.60. The van der Waals surface area contributed by atoms with Crippen molar-refractivity contribution in [2.45, 2.75) is 45.4 Å². The highest BCUT2D eigenvalue weighted by Crippen LogP contribution is 2.23. The molecule has 0 aliphatic carbocycles. The second-order valence-corrected chi connectivity index (χ2v) is 7.65. The topological polar surface area (TPSA) is 61.8 Å². The van der Waals surface area contributed by atoms with E-state index in [0.29, 0.717) is 13.1 Å². The van der Waals surface area contributed by atoms with Gasteiger partial charge in [0.25, 0.3) is 0 Å². The van der Waals surface area contributed by atoms with Gasteiger partial charge in [0.05, 0.1) is 17.7 Å². The summed E-state index contributed by atoms with van der Waals surface area (Å²) >= 11 is 0. The SMILES string of the molecule is CC1CN(C(C)C(=O)N2CCN(c3ncccn3)CC2)CC(C)(C)O1.